The molecule has 37 heavy (non-hydrogen) atoms. The summed E-state index contributed by atoms with van der Waals surface area (Å²) in [4.78, 5) is 39.4. The third-order valence-electron chi connectivity index (χ3n) is 5.52. The Labute approximate surface area is 217 Å². The highest BCUT2D eigenvalue weighted by molar-refractivity contribution is 6.31. The second-order valence-corrected chi connectivity index (χ2v) is 8.93. The standard InChI is InChI=1S/C28H23ClN6O2/c1-16(36)30-25(27-32-21-5-3-4-6-22(21)33-27)13-18-7-9-19(10-8-18)14-26(31-17(2)37)28-34-23-12-11-20(29)15-24(23)35-28/h3-15H,1-2H3,(H,30,36)(H,31,37)(H,32,33)(H,34,35)/b25-13-,26-14+. The first-order valence-corrected chi connectivity index (χ1v) is 11.9. The van der Waals surface area contributed by atoms with Crippen LogP contribution < -0.4 is 10.6 Å². The second kappa shape index (κ2) is 10.1. The molecule has 5 rings (SSSR count). The molecule has 0 saturated heterocycles. The van der Waals surface area contributed by atoms with Crippen molar-refractivity contribution in [1.82, 2.24) is 30.6 Å². The number of fused-ring (bicyclic) bond motifs is 2. The Kier molecular flexibility index (Phi) is 6.57. The molecule has 184 valence electrons. The number of hydrogen-bond acceptors (Lipinski definition) is 4. The summed E-state index contributed by atoms with van der Waals surface area (Å²) in [6.45, 7) is 2.91. The van der Waals surface area contributed by atoms with Crippen molar-refractivity contribution in [2.24, 2.45) is 0 Å². The van der Waals surface area contributed by atoms with Crippen LogP contribution >= 0.6 is 11.6 Å². The number of halogens is 1. The molecular weight excluding hydrogens is 488 g/mol. The molecule has 2 heterocycles. The van der Waals surface area contributed by atoms with Crippen LogP contribution in [0.1, 0.15) is 36.6 Å². The van der Waals surface area contributed by atoms with Crippen molar-refractivity contribution in [2.45, 2.75) is 13.8 Å². The monoisotopic (exact) mass is 510 g/mol. The highest BCUT2D eigenvalue weighted by Gasteiger charge is 2.12. The summed E-state index contributed by atoms with van der Waals surface area (Å²) in [5.74, 6) is 0.681. The number of imidazole rings is 2. The lowest BCUT2D eigenvalue weighted by molar-refractivity contribution is -0.118. The topological polar surface area (TPSA) is 116 Å². The molecule has 0 spiro atoms. The van der Waals surface area contributed by atoms with Crippen LogP contribution in [0.15, 0.2) is 66.7 Å². The predicted octanol–water partition coefficient (Wildman–Crippen LogP) is 5.36. The van der Waals surface area contributed by atoms with Gasteiger partial charge < -0.3 is 20.6 Å². The van der Waals surface area contributed by atoms with E-state index in [2.05, 4.69) is 30.6 Å². The second-order valence-electron chi connectivity index (χ2n) is 8.49. The van der Waals surface area contributed by atoms with Gasteiger partial charge in [0.1, 0.15) is 0 Å². The van der Waals surface area contributed by atoms with Gasteiger partial charge in [0.25, 0.3) is 0 Å². The molecule has 0 aliphatic carbocycles. The zero-order valence-corrected chi connectivity index (χ0v) is 20.9. The van der Waals surface area contributed by atoms with Crippen LogP contribution in [-0.4, -0.2) is 31.8 Å². The fourth-order valence-electron chi connectivity index (χ4n) is 3.92. The predicted molar refractivity (Wildman–Crippen MR) is 147 cm³/mol. The molecule has 0 aliphatic rings. The minimum absolute atomic E-state index is 0.196. The van der Waals surface area contributed by atoms with Crippen molar-refractivity contribution < 1.29 is 9.59 Å². The quantitative estimate of drug-likeness (QED) is 0.246. The molecule has 9 heteroatoms. The summed E-state index contributed by atoms with van der Waals surface area (Å²) in [7, 11) is 0. The number of carbonyl (C=O) groups excluding carboxylic acids is 2. The lowest BCUT2D eigenvalue weighted by atomic mass is 10.1. The molecule has 3 aromatic carbocycles. The van der Waals surface area contributed by atoms with Gasteiger partial charge in [0, 0.05) is 18.9 Å². The van der Waals surface area contributed by atoms with E-state index in [-0.39, 0.29) is 11.8 Å². The van der Waals surface area contributed by atoms with Gasteiger partial charge in [-0.1, -0.05) is 48.0 Å². The van der Waals surface area contributed by atoms with Crippen molar-refractivity contribution in [3.63, 3.8) is 0 Å². The first kappa shape index (κ1) is 24.0. The van der Waals surface area contributed by atoms with Gasteiger partial charge in [0.15, 0.2) is 11.6 Å². The Morgan fingerprint density at radius 1 is 0.730 bits per heavy atom. The van der Waals surface area contributed by atoms with E-state index in [4.69, 9.17) is 11.6 Å². The molecule has 0 radical (unpaired) electrons. The molecule has 0 unspecified atom stereocenters. The third kappa shape index (κ3) is 5.60. The van der Waals surface area contributed by atoms with Gasteiger partial charge in [0.2, 0.25) is 11.8 Å². The number of carbonyl (C=O) groups is 2. The van der Waals surface area contributed by atoms with Crippen LogP contribution in [0.25, 0.3) is 45.6 Å². The lowest BCUT2D eigenvalue weighted by Gasteiger charge is -2.07. The summed E-state index contributed by atoms with van der Waals surface area (Å²) in [6.07, 6.45) is 3.69. The Bertz CT molecular complexity index is 1660. The van der Waals surface area contributed by atoms with E-state index < -0.39 is 0 Å². The summed E-state index contributed by atoms with van der Waals surface area (Å²) >= 11 is 6.09. The van der Waals surface area contributed by atoms with Crippen molar-refractivity contribution in [1.29, 1.82) is 0 Å². The molecule has 2 aromatic heterocycles. The normalized spacial score (nSPS) is 12.2. The fraction of sp³-hybridized carbons (Fsp3) is 0.0714. The number of amides is 2. The van der Waals surface area contributed by atoms with E-state index >= 15 is 0 Å². The minimum atomic E-state index is -0.213. The van der Waals surface area contributed by atoms with Crippen molar-refractivity contribution in [3.05, 3.63) is 94.5 Å². The molecular formula is C28H23ClN6O2. The zero-order valence-electron chi connectivity index (χ0n) is 20.1. The van der Waals surface area contributed by atoms with Crippen LogP contribution in [0, 0.1) is 0 Å². The van der Waals surface area contributed by atoms with Crippen molar-refractivity contribution in [2.75, 3.05) is 0 Å². The van der Waals surface area contributed by atoms with Crippen LogP contribution in [-0.2, 0) is 9.59 Å². The maximum absolute atomic E-state index is 11.9. The fourth-order valence-corrected chi connectivity index (χ4v) is 4.09. The Morgan fingerprint density at radius 3 is 1.78 bits per heavy atom. The number of aromatic amines is 2. The summed E-state index contributed by atoms with van der Waals surface area (Å²) in [6, 6.07) is 20.7. The lowest BCUT2D eigenvalue weighted by Crippen LogP contribution is -2.19. The minimum Gasteiger partial charge on any atom is -0.337 e. The molecule has 0 aliphatic heterocycles. The zero-order chi connectivity index (χ0) is 25.9. The van der Waals surface area contributed by atoms with Crippen LogP contribution in [0.3, 0.4) is 0 Å². The Balaban J connectivity index is 1.47. The number of nitrogens with one attached hydrogen (secondary N) is 4. The van der Waals surface area contributed by atoms with Gasteiger partial charge in [-0.05, 0) is 53.6 Å². The van der Waals surface area contributed by atoms with E-state index in [0.29, 0.717) is 28.1 Å². The number of H-pyrrole nitrogens is 2. The highest BCUT2D eigenvalue weighted by atomic mass is 35.5. The molecule has 0 fully saturated rings. The third-order valence-corrected chi connectivity index (χ3v) is 5.76. The van der Waals surface area contributed by atoms with Gasteiger partial charge in [0.05, 0.1) is 33.5 Å². The maximum Gasteiger partial charge on any atom is 0.221 e. The Hall–Kier alpha value is -4.69. The molecule has 8 nitrogen and oxygen atoms in total. The first-order valence-electron chi connectivity index (χ1n) is 11.5. The van der Waals surface area contributed by atoms with E-state index in [9.17, 15) is 9.59 Å². The largest absolute Gasteiger partial charge is 0.337 e. The highest BCUT2D eigenvalue weighted by Crippen LogP contribution is 2.22. The average molecular weight is 511 g/mol. The maximum atomic E-state index is 11.9. The van der Waals surface area contributed by atoms with Gasteiger partial charge in [-0.15, -0.1) is 0 Å². The number of para-hydroxylation sites is 2. The number of aromatic nitrogens is 4. The number of rotatable bonds is 6. The van der Waals surface area contributed by atoms with Crippen molar-refractivity contribution >= 4 is 69.0 Å². The SMILES string of the molecule is CC(=O)N/C(=C\c1ccc(/C=C(/NC(C)=O)c2nc3ccc(Cl)cc3[nH]2)cc1)c1nc2ccccc2[nH]1. The summed E-state index contributed by atoms with van der Waals surface area (Å²) < 4.78 is 0. The van der Waals surface area contributed by atoms with Crippen LogP contribution in [0.5, 0.6) is 0 Å². The van der Waals surface area contributed by atoms with Gasteiger partial charge in [-0.3, -0.25) is 9.59 Å². The molecule has 2 amide bonds. The Morgan fingerprint density at radius 2 is 1.24 bits per heavy atom. The van der Waals surface area contributed by atoms with Gasteiger partial charge >= 0.3 is 0 Å². The van der Waals surface area contributed by atoms with Crippen LogP contribution in [0.4, 0.5) is 0 Å². The number of nitrogens with zero attached hydrogens (tertiary/aromatic N) is 2. The molecule has 5 aromatic rings. The van der Waals surface area contributed by atoms with Crippen molar-refractivity contribution in [3.8, 4) is 0 Å². The van der Waals surface area contributed by atoms with E-state index in [0.717, 1.165) is 33.2 Å². The van der Waals surface area contributed by atoms with Crippen LogP contribution in [0.2, 0.25) is 5.02 Å². The molecule has 0 saturated carbocycles. The summed E-state index contributed by atoms with van der Waals surface area (Å²) in [5.41, 5.74) is 6.02. The van der Waals surface area contributed by atoms with E-state index in [1.807, 2.05) is 66.7 Å². The van der Waals surface area contributed by atoms with E-state index in [1.165, 1.54) is 13.8 Å². The number of hydrogen-bond donors (Lipinski definition) is 4. The van der Waals surface area contributed by atoms with Gasteiger partial charge in [-0.25, -0.2) is 9.97 Å². The summed E-state index contributed by atoms with van der Waals surface area (Å²) in [5, 5.41) is 6.30. The molecule has 0 atom stereocenters. The first-order chi connectivity index (χ1) is 17.8. The number of benzene rings is 3. The smallest absolute Gasteiger partial charge is 0.221 e. The van der Waals surface area contributed by atoms with Gasteiger partial charge in [-0.2, -0.15) is 0 Å². The molecule has 0 bridgehead atoms. The van der Waals surface area contributed by atoms with E-state index in [1.54, 1.807) is 12.1 Å². The molecule has 4 N–H and O–H groups in total. The average Bonchev–Trinajstić information content (AvgIpc) is 3.48.